The molecule has 3 atom stereocenters. The molecule has 2 heterocycles. The molecule has 3 unspecified atom stereocenters. The fraction of sp³-hybridized carbons (Fsp3) is 0.923. The van der Waals surface area contributed by atoms with E-state index < -0.39 is 0 Å². The minimum absolute atomic E-state index is 0.0198. The van der Waals surface area contributed by atoms with Crippen LogP contribution >= 0.6 is 0 Å². The first-order valence-corrected chi connectivity index (χ1v) is 6.77. The first-order chi connectivity index (χ1) is 8.09. The average molecular weight is 240 g/mol. The standard InChI is InChI=1S/C13H24N2O2/c1-9(2)12-13(16)15(10(3)14-12)8-11-6-4-5-7-17-11/h9-12,14H,4-8H2,1-3H3. The van der Waals surface area contributed by atoms with Gasteiger partial charge in [0.25, 0.3) is 0 Å². The highest BCUT2D eigenvalue weighted by atomic mass is 16.5. The highest BCUT2D eigenvalue weighted by molar-refractivity contribution is 5.84. The summed E-state index contributed by atoms with van der Waals surface area (Å²) < 4.78 is 5.71. The van der Waals surface area contributed by atoms with Crippen LogP contribution < -0.4 is 5.32 Å². The van der Waals surface area contributed by atoms with Crippen LogP contribution in [0, 0.1) is 5.92 Å². The summed E-state index contributed by atoms with van der Waals surface area (Å²) in [6, 6.07) is -0.0198. The van der Waals surface area contributed by atoms with Gasteiger partial charge in [0.1, 0.15) is 0 Å². The normalized spacial score (nSPS) is 34.7. The minimum atomic E-state index is -0.0198. The van der Waals surface area contributed by atoms with Crippen LogP contribution in [0.1, 0.15) is 40.0 Å². The Balaban J connectivity index is 1.93. The lowest BCUT2D eigenvalue weighted by Gasteiger charge is -2.29. The number of carbonyl (C=O) groups excluding carboxylic acids is 1. The van der Waals surface area contributed by atoms with Gasteiger partial charge < -0.3 is 9.64 Å². The monoisotopic (exact) mass is 240 g/mol. The zero-order valence-corrected chi connectivity index (χ0v) is 11.1. The molecule has 0 aromatic rings. The summed E-state index contributed by atoms with van der Waals surface area (Å²) in [6.07, 6.45) is 3.85. The lowest BCUT2D eigenvalue weighted by molar-refractivity contribution is -0.133. The van der Waals surface area contributed by atoms with Crippen molar-refractivity contribution in [3.63, 3.8) is 0 Å². The van der Waals surface area contributed by atoms with E-state index in [1.54, 1.807) is 0 Å². The van der Waals surface area contributed by atoms with Crippen molar-refractivity contribution in [2.24, 2.45) is 5.92 Å². The van der Waals surface area contributed by atoms with Gasteiger partial charge in [0.05, 0.1) is 18.3 Å². The topological polar surface area (TPSA) is 41.6 Å². The Morgan fingerprint density at radius 3 is 2.76 bits per heavy atom. The maximum absolute atomic E-state index is 12.2. The summed E-state index contributed by atoms with van der Waals surface area (Å²) in [6.45, 7) is 7.83. The Bertz CT molecular complexity index is 275. The highest BCUT2D eigenvalue weighted by Crippen LogP contribution is 2.20. The van der Waals surface area contributed by atoms with E-state index in [4.69, 9.17) is 4.74 Å². The van der Waals surface area contributed by atoms with Gasteiger partial charge in [0, 0.05) is 13.2 Å². The van der Waals surface area contributed by atoms with E-state index in [0.29, 0.717) is 5.92 Å². The minimum Gasteiger partial charge on any atom is -0.376 e. The molecule has 0 bridgehead atoms. The molecule has 0 aromatic heterocycles. The van der Waals surface area contributed by atoms with Crippen LogP contribution in [0.25, 0.3) is 0 Å². The van der Waals surface area contributed by atoms with Crippen molar-refractivity contribution in [2.45, 2.75) is 58.3 Å². The molecule has 1 N–H and O–H groups in total. The van der Waals surface area contributed by atoms with Gasteiger partial charge in [0.2, 0.25) is 5.91 Å². The summed E-state index contributed by atoms with van der Waals surface area (Å²) >= 11 is 0. The van der Waals surface area contributed by atoms with E-state index >= 15 is 0 Å². The van der Waals surface area contributed by atoms with Crippen molar-refractivity contribution in [2.75, 3.05) is 13.2 Å². The molecule has 1 amide bonds. The summed E-state index contributed by atoms with van der Waals surface area (Å²) in [7, 11) is 0. The number of rotatable bonds is 3. The quantitative estimate of drug-likeness (QED) is 0.810. The molecule has 4 nitrogen and oxygen atoms in total. The van der Waals surface area contributed by atoms with Gasteiger partial charge in [-0.05, 0) is 32.1 Å². The van der Waals surface area contributed by atoms with Crippen LogP contribution in [0.15, 0.2) is 0 Å². The third-order valence-corrected chi connectivity index (χ3v) is 3.78. The molecule has 2 saturated heterocycles. The number of nitrogens with one attached hydrogen (secondary N) is 1. The number of hydrogen-bond acceptors (Lipinski definition) is 3. The van der Waals surface area contributed by atoms with E-state index in [-0.39, 0.29) is 24.2 Å². The van der Waals surface area contributed by atoms with Gasteiger partial charge in [-0.25, -0.2) is 0 Å². The molecule has 98 valence electrons. The number of amides is 1. The molecule has 0 aromatic carbocycles. The molecular weight excluding hydrogens is 216 g/mol. The summed E-state index contributed by atoms with van der Waals surface area (Å²) in [5.41, 5.74) is 0. The van der Waals surface area contributed by atoms with Crippen LogP contribution in [0.2, 0.25) is 0 Å². The second-order valence-electron chi connectivity index (χ2n) is 5.54. The molecule has 17 heavy (non-hydrogen) atoms. The Kier molecular flexibility index (Phi) is 4.05. The molecule has 0 spiro atoms. The molecule has 2 aliphatic heterocycles. The molecule has 4 heteroatoms. The summed E-state index contributed by atoms with van der Waals surface area (Å²) in [5.74, 6) is 0.587. The third-order valence-electron chi connectivity index (χ3n) is 3.78. The molecule has 0 radical (unpaired) electrons. The number of hydrogen-bond donors (Lipinski definition) is 1. The van der Waals surface area contributed by atoms with Crippen molar-refractivity contribution in [3.8, 4) is 0 Å². The van der Waals surface area contributed by atoms with E-state index in [2.05, 4.69) is 26.1 Å². The SMILES string of the molecule is CC(C)C1NC(C)N(CC2CCCCO2)C1=O. The second-order valence-corrected chi connectivity index (χ2v) is 5.54. The predicted octanol–water partition coefficient (Wildman–Crippen LogP) is 1.36. The lowest BCUT2D eigenvalue weighted by atomic mass is 10.0. The first kappa shape index (κ1) is 12.8. The number of nitrogens with zero attached hydrogens (tertiary/aromatic N) is 1. The smallest absolute Gasteiger partial charge is 0.241 e. The average Bonchev–Trinajstić information content (AvgIpc) is 2.58. The summed E-state index contributed by atoms with van der Waals surface area (Å²) in [5, 5.41) is 3.36. The Morgan fingerprint density at radius 2 is 2.24 bits per heavy atom. The van der Waals surface area contributed by atoms with Gasteiger partial charge in [-0.1, -0.05) is 13.8 Å². The van der Waals surface area contributed by atoms with Gasteiger partial charge >= 0.3 is 0 Å². The van der Waals surface area contributed by atoms with Crippen molar-refractivity contribution in [1.29, 1.82) is 0 Å². The Hall–Kier alpha value is -0.610. The Morgan fingerprint density at radius 1 is 1.47 bits per heavy atom. The van der Waals surface area contributed by atoms with Gasteiger partial charge in [0.15, 0.2) is 0 Å². The largest absolute Gasteiger partial charge is 0.376 e. The van der Waals surface area contributed by atoms with E-state index in [0.717, 1.165) is 26.0 Å². The zero-order chi connectivity index (χ0) is 12.4. The molecule has 2 rings (SSSR count). The van der Waals surface area contributed by atoms with Crippen molar-refractivity contribution >= 4 is 5.91 Å². The molecule has 2 aliphatic rings. The molecule has 0 saturated carbocycles. The van der Waals surface area contributed by atoms with E-state index in [1.807, 2.05) is 4.90 Å². The molecule has 2 fully saturated rings. The third kappa shape index (κ3) is 2.80. The fourth-order valence-corrected chi connectivity index (χ4v) is 2.69. The predicted molar refractivity (Wildman–Crippen MR) is 66.5 cm³/mol. The van der Waals surface area contributed by atoms with Crippen molar-refractivity contribution in [3.05, 3.63) is 0 Å². The Labute approximate surface area is 104 Å². The molecule has 0 aliphatic carbocycles. The van der Waals surface area contributed by atoms with Crippen molar-refractivity contribution < 1.29 is 9.53 Å². The maximum atomic E-state index is 12.2. The molecular formula is C13H24N2O2. The number of ether oxygens (including phenoxy) is 1. The maximum Gasteiger partial charge on any atom is 0.241 e. The van der Waals surface area contributed by atoms with E-state index in [9.17, 15) is 4.79 Å². The van der Waals surface area contributed by atoms with Gasteiger partial charge in [-0.3, -0.25) is 10.1 Å². The van der Waals surface area contributed by atoms with Gasteiger partial charge in [-0.2, -0.15) is 0 Å². The highest BCUT2D eigenvalue weighted by Gasteiger charge is 2.39. The number of carbonyl (C=O) groups is 1. The van der Waals surface area contributed by atoms with Crippen LogP contribution in [0.3, 0.4) is 0 Å². The second kappa shape index (κ2) is 5.36. The first-order valence-electron chi connectivity index (χ1n) is 6.77. The van der Waals surface area contributed by atoms with Crippen LogP contribution in [0.4, 0.5) is 0 Å². The summed E-state index contributed by atoms with van der Waals surface area (Å²) in [4.78, 5) is 14.2. The van der Waals surface area contributed by atoms with Gasteiger partial charge in [-0.15, -0.1) is 0 Å². The zero-order valence-electron chi connectivity index (χ0n) is 11.1. The fourth-order valence-electron chi connectivity index (χ4n) is 2.69. The van der Waals surface area contributed by atoms with Crippen molar-refractivity contribution in [1.82, 2.24) is 10.2 Å². The van der Waals surface area contributed by atoms with Crippen LogP contribution in [0.5, 0.6) is 0 Å². The van der Waals surface area contributed by atoms with Crippen LogP contribution in [-0.4, -0.2) is 42.3 Å². The van der Waals surface area contributed by atoms with E-state index in [1.165, 1.54) is 6.42 Å². The lowest BCUT2D eigenvalue weighted by Crippen LogP contribution is -2.42. The van der Waals surface area contributed by atoms with Crippen LogP contribution in [-0.2, 0) is 9.53 Å².